The number of carbonyl (C=O) groups excluding carboxylic acids is 1. The summed E-state index contributed by atoms with van der Waals surface area (Å²) in [4.78, 5) is 14.2. The van der Waals surface area contributed by atoms with E-state index in [1.165, 1.54) is 0 Å². The van der Waals surface area contributed by atoms with Crippen LogP contribution in [0.5, 0.6) is 0 Å². The first-order valence-corrected chi connectivity index (χ1v) is 6.12. The third-order valence-electron chi connectivity index (χ3n) is 4.03. The lowest BCUT2D eigenvalue weighted by molar-refractivity contribution is 0.0686. The van der Waals surface area contributed by atoms with E-state index >= 15 is 0 Å². The average Bonchev–Trinajstić information content (AvgIpc) is 2.96. The van der Waals surface area contributed by atoms with E-state index in [2.05, 4.69) is 17.4 Å². The summed E-state index contributed by atoms with van der Waals surface area (Å²) in [6, 6.07) is 1.99. The Kier molecular flexibility index (Phi) is 2.43. The molecular formula is C12H17N3O2. The van der Waals surface area contributed by atoms with E-state index in [9.17, 15) is 4.79 Å². The predicted molar refractivity (Wildman–Crippen MR) is 61.6 cm³/mol. The Morgan fingerprint density at radius 3 is 3.06 bits per heavy atom. The van der Waals surface area contributed by atoms with Gasteiger partial charge in [0, 0.05) is 31.7 Å². The van der Waals surface area contributed by atoms with Crippen LogP contribution in [0, 0.1) is 18.8 Å². The number of aryl methyl sites for hydroxylation is 1. The van der Waals surface area contributed by atoms with E-state index < -0.39 is 0 Å². The molecule has 3 rings (SSSR count). The average molecular weight is 235 g/mol. The van der Waals surface area contributed by atoms with Crippen LogP contribution in [0.25, 0.3) is 0 Å². The lowest BCUT2D eigenvalue weighted by Gasteiger charge is -2.23. The van der Waals surface area contributed by atoms with Gasteiger partial charge in [0.1, 0.15) is 0 Å². The molecule has 5 nitrogen and oxygen atoms in total. The van der Waals surface area contributed by atoms with E-state index in [1.54, 1.807) is 6.07 Å². The van der Waals surface area contributed by atoms with Crippen LogP contribution in [0.15, 0.2) is 10.6 Å². The topological polar surface area (TPSA) is 58.4 Å². The van der Waals surface area contributed by atoms with Gasteiger partial charge in [-0.25, -0.2) is 0 Å². The van der Waals surface area contributed by atoms with E-state index in [1.807, 2.05) is 11.8 Å². The van der Waals surface area contributed by atoms with Gasteiger partial charge in [-0.2, -0.15) is 0 Å². The maximum atomic E-state index is 12.3. The van der Waals surface area contributed by atoms with Crippen LogP contribution < -0.4 is 5.32 Å². The van der Waals surface area contributed by atoms with E-state index in [4.69, 9.17) is 4.52 Å². The molecule has 1 aromatic heterocycles. The highest BCUT2D eigenvalue weighted by Crippen LogP contribution is 2.33. The number of hydrogen-bond acceptors (Lipinski definition) is 4. The number of fused-ring (bicyclic) bond motifs is 1. The lowest BCUT2D eigenvalue weighted by atomic mass is 9.95. The fraction of sp³-hybridized carbons (Fsp3) is 0.667. The number of amides is 1. The Morgan fingerprint density at radius 1 is 1.59 bits per heavy atom. The minimum atomic E-state index is -0.0208. The normalized spacial score (nSPS) is 31.9. The maximum absolute atomic E-state index is 12.3. The van der Waals surface area contributed by atoms with Gasteiger partial charge >= 0.3 is 0 Å². The molecule has 17 heavy (non-hydrogen) atoms. The lowest BCUT2D eigenvalue weighted by Crippen LogP contribution is -2.37. The van der Waals surface area contributed by atoms with Crippen LogP contribution in [0.3, 0.4) is 0 Å². The van der Waals surface area contributed by atoms with E-state index in [0.717, 1.165) is 25.3 Å². The van der Waals surface area contributed by atoms with Crippen LogP contribution in [-0.2, 0) is 0 Å². The van der Waals surface area contributed by atoms with Crippen LogP contribution in [0.1, 0.15) is 23.2 Å². The maximum Gasteiger partial charge on any atom is 0.292 e. The van der Waals surface area contributed by atoms with E-state index in [0.29, 0.717) is 17.6 Å². The van der Waals surface area contributed by atoms with Crippen molar-refractivity contribution in [3.05, 3.63) is 17.5 Å². The highest BCUT2D eigenvalue weighted by atomic mass is 16.5. The molecule has 2 aliphatic heterocycles. The zero-order chi connectivity index (χ0) is 12.0. The molecular weight excluding hydrogens is 218 g/mol. The Morgan fingerprint density at radius 2 is 2.41 bits per heavy atom. The number of nitrogens with zero attached hydrogens (tertiary/aromatic N) is 2. The third kappa shape index (κ3) is 1.65. The van der Waals surface area contributed by atoms with Gasteiger partial charge in [0.25, 0.3) is 5.91 Å². The van der Waals surface area contributed by atoms with Crippen molar-refractivity contribution in [1.29, 1.82) is 0 Å². The molecule has 1 amide bonds. The molecule has 0 saturated carbocycles. The van der Waals surface area contributed by atoms with Crippen molar-refractivity contribution < 1.29 is 9.32 Å². The number of aromatic nitrogens is 1. The second kappa shape index (κ2) is 3.84. The molecule has 0 aliphatic carbocycles. The highest BCUT2D eigenvalue weighted by Gasteiger charge is 2.44. The Labute approximate surface area is 100 Å². The Balaban J connectivity index is 1.79. The smallest absolute Gasteiger partial charge is 0.292 e. The predicted octanol–water partition coefficient (Wildman–Crippen LogP) is 0.663. The molecule has 3 atom stereocenters. The minimum absolute atomic E-state index is 0.0208. The zero-order valence-electron chi connectivity index (χ0n) is 10.1. The molecule has 2 saturated heterocycles. The first-order valence-electron chi connectivity index (χ1n) is 6.12. The van der Waals surface area contributed by atoms with Crippen LogP contribution in [0.2, 0.25) is 0 Å². The molecule has 92 valence electrons. The third-order valence-corrected chi connectivity index (χ3v) is 4.03. The van der Waals surface area contributed by atoms with Crippen LogP contribution in [0.4, 0.5) is 0 Å². The van der Waals surface area contributed by atoms with Crippen LogP contribution in [-0.4, -0.2) is 41.6 Å². The van der Waals surface area contributed by atoms with Crippen molar-refractivity contribution in [3.63, 3.8) is 0 Å². The molecule has 0 bridgehead atoms. The Hall–Kier alpha value is -1.36. The molecule has 3 heterocycles. The summed E-state index contributed by atoms with van der Waals surface area (Å²) in [6.07, 6.45) is 0. The molecule has 0 spiro atoms. The molecule has 1 N–H and O–H groups in total. The monoisotopic (exact) mass is 235 g/mol. The van der Waals surface area contributed by atoms with Gasteiger partial charge in [-0.05, 0) is 25.7 Å². The number of carbonyl (C=O) groups is 1. The van der Waals surface area contributed by atoms with Crippen molar-refractivity contribution in [2.45, 2.75) is 19.9 Å². The van der Waals surface area contributed by atoms with Gasteiger partial charge in [0.15, 0.2) is 0 Å². The number of likely N-dealkylation sites (tertiary alicyclic amines) is 1. The van der Waals surface area contributed by atoms with Crippen molar-refractivity contribution in [3.8, 4) is 0 Å². The van der Waals surface area contributed by atoms with Crippen molar-refractivity contribution in [2.75, 3.05) is 19.6 Å². The molecule has 5 heteroatoms. The summed E-state index contributed by atoms with van der Waals surface area (Å²) >= 11 is 0. The van der Waals surface area contributed by atoms with Crippen LogP contribution >= 0.6 is 0 Å². The number of nitrogens with one attached hydrogen (secondary N) is 1. The molecule has 1 aromatic rings. The fourth-order valence-corrected chi connectivity index (χ4v) is 3.04. The summed E-state index contributed by atoms with van der Waals surface area (Å²) in [5.41, 5.74) is 0.752. The van der Waals surface area contributed by atoms with Gasteiger partial charge in [0.2, 0.25) is 5.76 Å². The SMILES string of the molecule is Cc1cc(C(=O)N2CC3CNCC3C2C)on1. The molecule has 0 radical (unpaired) electrons. The van der Waals surface area contributed by atoms with Crippen molar-refractivity contribution in [2.24, 2.45) is 11.8 Å². The van der Waals surface area contributed by atoms with Gasteiger partial charge in [-0.1, -0.05) is 5.16 Å². The molecule has 0 aromatic carbocycles. The zero-order valence-corrected chi connectivity index (χ0v) is 10.1. The summed E-state index contributed by atoms with van der Waals surface area (Å²) in [5, 5.41) is 7.16. The minimum Gasteiger partial charge on any atom is -0.351 e. The van der Waals surface area contributed by atoms with Gasteiger partial charge in [-0.15, -0.1) is 0 Å². The van der Waals surface area contributed by atoms with Crippen molar-refractivity contribution in [1.82, 2.24) is 15.4 Å². The van der Waals surface area contributed by atoms with Gasteiger partial charge in [-0.3, -0.25) is 4.79 Å². The second-order valence-corrected chi connectivity index (χ2v) is 5.11. The molecule has 2 fully saturated rings. The number of hydrogen-bond donors (Lipinski definition) is 1. The summed E-state index contributed by atoms with van der Waals surface area (Å²) in [7, 11) is 0. The van der Waals surface area contributed by atoms with Gasteiger partial charge < -0.3 is 14.7 Å². The molecule has 2 aliphatic rings. The van der Waals surface area contributed by atoms with E-state index in [-0.39, 0.29) is 11.9 Å². The quantitative estimate of drug-likeness (QED) is 0.777. The second-order valence-electron chi connectivity index (χ2n) is 5.11. The molecule has 3 unspecified atom stereocenters. The largest absolute Gasteiger partial charge is 0.351 e. The summed E-state index contributed by atoms with van der Waals surface area (Å²) < 4.78 is 5.05. The van der Waals surface area contributed by atoms with Gasteiger partial charge in [0.05, 0.1) is 5.69 Å². The Bertz CT molecular complexity index is 443. The first kappa shape index (κ1) is 10.8. The first-order chi connectivity index (χ1) is 8.16. The summed E-state index contributed by atoms with van der Waals surface area (Å²) in [6.45, 7) is 6.82. The fourth-order valence-electron chi connectivity index (χ4n) is 3.04. The standard InChI is InChI=1S/C12H17N3O2/c1-7-3-11(17-14-7)12(16)15-6-9-4-13-5-10(9)8(15)2/h3,8-10,13H,4-6H2,1-2H3. The number of rotatable bonds is 1. The summed E-state index contributed by atoms with van der Waals surface area (Å²) in [5.74, 6) is 1.52. The highest BCUT2D eigenvalue weighted by molar-refractivity contribution is 5.92. The van der Waals surface area contributed by atoms with Crippen molar-refractivity contribution >= 4 is 5.91 Å².